The van der Waals surface area contributed by atoms with Crippen LogP contribution < -0.4 is 5.32 Å². The van der Waals surface area contributed by atoms with Crippen molar-refractivity contribution in [2.45, 2.75) is 33.2 Å². The summed E-state index contributed by atoms with van der Waals surface area (Å²) in [6.07, 6.45) is 0. The van der Waals surface area contributed by atoms with Crippen LogP contribution in [0.3, 0.4) is 0 Å². The summed E-state index contributed by atoms with van der Waals surface area (Å²) >= 11 is 0. The van der Waals surface area contributed by atoms with Gasteiger partial charge in [0.25, 0.3) is 0 Å². The van der Waals surface area contributed by atoms with E-state index in [4.69, 9.17) is 5.11 Å². The Morgan fingerprint density at radius 1 is 1.55 bits per heavy atom. The highest BCUT2D eigenvalue weighted by Gasteiger charge is 2.20. The summed E-state index contributed by atoms with van der Waals surface area (Å²) in [4.78, 5) is 0. The van der Waals surface area contributed by atoms with E-state index in [1.165, 1.54) is 0 Å². The molecule has 66 valence electrons. The van der Waals surface area contributed by atoms with E-state index in [9.17, 15) is 0 Å². The molecule has 2 N–H and O–H groups in total. The Balaban J connectivity index is 3.83. The van der Waals surface area contributed by atoms with Gasteiger partial charge in [0.2, 0.25) is 0 Å². The molecule has 0 amide bonds. The molecular formula is C9H19NO. The maximum atomic E-state index is 9.14. The third kappa shape index (κ3) is 4.04. The number of hydrogen-bond acceptors (Lipinski definition) is 2. The first-order valence-electron chi connectivity index (χ1n) is 3.99. The Labute approximate surface area is 69.3 Å². The molecule has 0 bridgehead atoms. The SMILES string of the molecule is C=C(O)C(C)(C)NCC(C)C. The van der Waals surface area contributed by atoms with Gasteiger partial charge in [-0.3, -0.25) is 0 Å². The zero-order valence-electron chi connectivity index (χ0n) is 7.94. The maximum Gasteiger partial charge on any atom is 0.105 e. The molecule has 0 aliphatic carbocycles. The Hall–Kier alpha value is -0.500. The van der Waals surface area contributed by atoms with Gasteiger partial charge in [-0.05, 0) is 26.3 Å². The second-order valence-corrected chi connectivity index (χ2v) is 3.85. The van der Waals surface area contributed by atoms with E-state index >= 15 is 0 Å². The fraction of sp³-hybridized carbons (Fsp3) is 0.778. The van der Waals surface area contributed by atoms with Crippen LogP contribution in [0.4, 0.5) is 0 Å². The molecule has 0 aromatic carbocycles. The van der Waals surface area contributed by atoms with Crippen molar-refractivity contribution in [2.75, 3.05) is 6.54 Å². The van der Waals surface area contributed by atoms with Crippen LogP contribution in [0.2, 0.25) is 0 Å². The van der Waals surface area contributed by atoms with Gasteiger partial charge in [0.05, 0.1) is 5.54 Å². The van der Waals surface area contributed by atoms with Gasteiger partial charge in [-0.1, -0.05) is 20.4 Å². The molecule has 0 aromatic heterocycles. The number of rotatable bonds is 4. The summed E-state index contributed by atoms with van der Waals surface area (Å²) in [6.45, 7) is 12.5. The molecule has 0 unspecified atom stereocenters. The van der Waals surface area contributed by atoms with Gasteiger partial charge >= 0.3 is 0 Å². The Bertz CT molecular complexity index is 138. The van der Waals surface area contributed by atoms with Crippen LogP contribution in [0.25, 0.3) is 0 Å². The molecule has 0 saturated heterocycles. The number of nitrogens with one attached hydrogen (secondary N) is 1. The van der Waals surface area contributed by atoms with Gasteiger partial charge in [-0.25, -0.2) is 0 Å². The smallest absolute Gasteiger partial charge is 0.105 e. The average Bonchev–Trinajstić information content (AvgIpc) is 1.84. The predicted octanol–water partition coefficient (Wildman–Crippen LogP) is 2.08. The molecule has 0 aromatic rings. The predicted molar refractivity (Wildman–Crippen MR) is 48.7 cm³/mol. The number of hydrogen-bond donors (Lipinski definition) is 2. The second kappa shape index (κ2) is 3.77. The molecule has 0 radical (unpaired) electrons. The van der Waals surface area contributed by atoms with Crippen LogP contribution in [0.1, 0.15) is 27.7 Å². The summed E-state index contributed by atoms with van der Waals surface area (Å²) in [5.74, 6) is 0.784. The zero-order valence-corrected chi connectivity index (χ0v) is 7.94. The van der Waals surface area contributed by atoms with Crippen LogP contribution in [-0.2, 0) is 0 Å². The monoisotopic (exact) mass is 157 g/mol. The lowest BCUT2D eigenvalue weighted by molar-refractivity contribution is 0.276. The van der Waals surface area contributed by atoms with Crippen LogP contribution >= 0.6 is 0 Å². The van der Waals surface area contributed by atoms with E-state index in [-0.39, 0.29) is 11.3 Å². The van der Waals surface area contributed by atoms with E-state index in [0.29, 0.717) is 5.92 Å². The normalized spacial score (nSPS) is 12.1. The third-order valence-electron chi connectivity index (χ3n) is 1.67. The Kier molecular flexibility index (Phi) is 3.59. The van der Waals surface area contributed by atoms with Crippen LogP contribution in [0.5, 0.6) is 0 Å². The molecule has 2 heteroatoms. The maximum absolute atomic E-state index is 9.14. The molecule has 0 aliphatic heterocycles. The number of aliphatic hydroxyl groups is 1. The van der Waals surface area contributed by atoms with Gasteiger partial charge in [-0.2, -0.15) is 0 Å². The molecule has 0 rings (SSSR count). The molecule has 2 nitrogen and oxygen atoms in total. The van der Waals surface area contributed by atoms with Crippen molar-refractivity contribution in [3.05, 3.63) is 12.3 Å². The van der Waals surface area contributed by atoms with E-state index in [1.807, 2.05) is 13.8 Å². The summed E-state index contributed by atoms with van der Waals surface area (Å²) in [5, 5.41) is 12.3. The fourth-order valence-electron chi connectivity index (χ4n) is 0.561. The second-order valence-electron chi connectivity index (χ2n) is 3.85. The summed E-state index contributed by atoms with van der Waals surface area (Å²) in [7, 11) is 0. The minimum atomic E-state index is -0.357. The van der Waals surface area contributed by atoms with Gasteiger partial charge in [-0.15, -0.1) is 0 Å². The first-order valence-corrected chi connectivity index (χ1v) is 3.99. The van der Waals surface area contributed by atoms with E-state index < -0.39 is 0 Å². The molecular weight excluding hydrogens is 138 g/mol. The van der Waals surface area contributed by atoms with Crippen molar-refractivity contribution in [3.63, 3.8) is 0 Å². The highest BCUT2D eigenvalue weighted by Crippen LogP contribution is 2.10. The Morgan fingerprint density at radius 2 is 2.00 bits per heavy atom. The van der Waals surface area contributed by atoms with E-state index in [0.717, 1.165) is 6.54 Å². The molecule has 0 fully saturated rings. The topological polar surface area (TPSA) is 32.3 Å². The highest BCUT2D eigenvalue weighted by molar-refractivity contribution is 5.03. The summed E-state index contributed by atoms with van der Waals surface area (Å²) < 4.78 is 0. The molecule has 11 heavy (non-hydrogen) atoms. The lowest BCUT2D eigenvalue weighted by Crippen LogP contribution is -2.42. The standard InChI is InChI=1S/C9H19NO/c1-7(2)6-10-9(4,5)8(3)11/h7,10-11H,3,6H2,1-2,4-5H3. The van der Waals surface area contributed by atoms with Crippen molar-refractivity contribution in [2.24, 2.45) is 5.92 Å². The summed E-state index contributed by atoms with van der Waals surface area (Å²) in [5.41, 5.74) is -0.357. The lowest BCUT2D eigenvalue weighted by Gasteiger charge is -2.25. The minimum Gasteiger partial charge on any atom is -0.511 e. The van der Waals surface area contributed by atoms with Crippen molar-refractivity contribution >= 4 is 0 Å². The van der Waals surface area contributed by atoms with Gasteiger partial charge < -0.3 is 10.4 Å². The van der Waals surface area contributed by atoms with E-state index in [2.05, 4.69) is 25.7 Å². The first-order chi connectivity index (χ1) is 4.86. The molecule has 0 aliphatic rings. The molecule has 0 spiro atoms. The van der Waals surface area contributed by atoms with Gasteiger partial charge in [0, 0.05) is 0 Å². The third-order valence-corrected chi connectivity index (χ3v) is 1.67. The van der Waals surface area contributed by atoms with Crippen molar-refractivity contribution in [3.8, 4) is 0 Å². The average molecular weight is 157 g/mol. The highest BCUT2D eigenvalue weighted by atomic mass is 16.3. The van der Waals surface area contributed by atoms with Crippen molar-refractivity contribution in [1.82, 2.24) is 5.32 Å². The van der Waals surface area contributed by atoms with Gasteiger partial charge in [0.15, 0.2) is 0 Å². The fourth-order valence-corrected chi connectivity index (χ4v) is 0.561. The van der Waals surface area contributed by atoms with Crippen LogP contribution in [0.15, 0.2) is 12.3 Å². The molecule has 0 heterocycles. The number of aliphatic hydroxyl groups excluding tert-OH is 1. The zero-order chi connectivity index (χ0) is 9.07. The van der Waals surface area contributed by atoms with Crippen LogP contribution in [0, 0.1) is 5.92 Å². The van der Waals surface area contributed by atoms with E-state index in [1.54, 1.807) is 0 Å². The largest absolute Gasteiger partial charge is 0.511 e. The molecule has 0 saturated carbocycles. The van der Waals surface area contributed by atoms with Crippen molar-refractivity contribution < 1.29 is 5.11 Å². The van der Waals surface area contributed by atoms with Crippen molar-refractivity contribution in [1.29, 1.82) is 0 Å². The summed E-state index contributed by atoms with van der Waals surface area (Å²) in [6, 6.07) is 0. The minimum absolute atomic E-state index is 0.193. The Morgan fingerprint density at radius 3 is 2.27 bits per heavy atom. The van der Waals surface area contributed by atoms with Gasteiger partial charge in [0.1, 0.15) is 5.76 Å². The lowest BCUT2D eigenvalue weighted by atomic mass is 10.0. The first kappa shape index (κ1) is 10.5. The van der Waals surface area contributed by atoms with Crippen LogP contribution in [-0.4, -0.2) is 17.2 Å². The molecule has 0 atom stereocenters. The quantitative estimate of drug-likeness (QED) is 0.612.